The van der Waals surface area contributed by atoms with E-state index in [0.717, 1.165) is 12.1 Å². The fourth-order valence-electron chi connectivity index (χ4n) is 6.00. The van der Waals surface area contributed by atoms with Crippen molar-refractivity contribution in [1.82, 2.24) is 14.7 Å². The number of hydrogen-bond acceptors (Lipinski definition) is 4. The Balaban J connectivity index is 1.53. The number of nitrogens with zero attached hydrogens (tertiary/aromatic N) is 3. The first kappa shape index (κ1) is 22.3. The summed E-state index contributed by atoms with van der Waals surface area (Å²) in [7, 11) is 3.51. The molecule has 3 saturated heterocycles. The van der Waals surface area contributed by atoms with Crippen molar-refractivity contribution in [3.05, 3.63) is 35.9 Å². The summed E-state index contributed by atoms with van der Waals surface area (Å²) in [5, 5.41) is 0. The average Bonchev–Trinajstić information content (AvgIpc) is 3.11. The van der Waals surface area contributed by atoms with E-state index >= 15 is 0 Å². The molecule has 0 N–H and O–H groups in total. The van der Waals surface area contributed by atoms with Crippen molar-refractivity contribution < 1.29 is 14.3 Å². The highest BCUT2D eigenvalue weighted by atomic mass is 16.5. The van der Waals surface area contributed by atoms with E-state index in [0.29, 0.717) is 31.5 Å². The molecule has 0 bridgehead atoms. The number of carbonyl (C=O) groups excluding carboxylic acids is 2. The molecule has 3 aliphatic heterocycles. The molecule has 4 rings (SSSR count). The predicted octanol–water partition coefficient (Wildman–Crippen LogP) is 2.95. The van der Waals surface area contributed by atoms with Gasteiger partial charge in [0.15, 0.2) is 0 Å². The SMILES string of the molecule is COCCN(C[C@@H]1CCCN2CCCC[C@H]12)C(=O)C1CC(=O)N(C)C1c1ccccc1. The van der Waals surface area contributed by atoms with Crippen molar-refractivity contribution >= 4 is 11.8 Å². The van der Waals surface area contributed by atoms with E-state index in [1.54, 1.807) is 12.0 Å². The molecular weight excluding hydrogens is 390 g/mol. The van der Waals surface area contributed by atoms with E-state index in [-0.39, 0.29) is 23.8 Å². The zero-order valence-electron chi connectivity index (χ0n) is 19.0. The first-order valence-electron chi connectivity index (χ1n) is 11.9. The van der Waals surface area contributed by atoms with E-state index in [4.69, 9.17) is 4.74 Å². The Morgan fingerprint density at radius 2 is 1.90 bits per heavy atom. The summed E-state index contributed by atoms with van der Waals surface area (Å²) in [6.07, 6.45) is 6.52. The van der Waals surface area contributed by atoms with Crippen LogP contribution >= 0.6 is 0 Å². The second-order valence-electron chi connectivity index (χ2n) is 9.45. The van der Waals surface area contributed by atoms with Gasteiger partial charge in [0, 0.05) is 39.7 Å². The molecule has 3 aliphatic rings. The van der Waals surface area contributed by atoms with Crippen molar-refractivity contribution in [1.29, 1.82) is 0 Å². The van der Waals surface area contributed by atoms with Crippen LogP contribution < -0.4 is 0 Å². The number of likely N-dealkylation sites (tertiary alicyclic amines) is 1. The van der Waals surface area contributed by atoms with Gasteiger partial charge in [-0.05, 0) is 50.3 Å². The van der Waals surface area contributed by atoms with Crippen LogP contribution in [0.1, 0.15) is 50.1 Å². The summed E-state index contributed by atoms with van der Waals surface area (Å²) in [6, 6.07) is 10.4. The van der Waals surface area contributed by atoms with Gasteiger partial charge in [-0.1, -0.05) is 36.8 Å². The quantitative estimate of drug-likeness (QED) is 0.671. The Kier molecular flexibility index (Phi) is 7.28. The van der Waals surface area contributed by atoms with Gasteiger partial charge in [-0.25, -0.2) is 0 Å². The van der Waals surface area contributed by atoms with E-state index in [9.17, 15) is 9.59 Å². The molecule has 0 saturated carbocycles. The Bertz CT molecular complexity index is 754. The van der Waals surface area contributed by atoms with Crippen molar-refractivity contribution in [3.63, 3.8) is 0 Å². The molecule has 0 aliphatic carbocycles. The maximum atomic E-state index is 13.8. The summed E-state index contributed by atoms with van der Waals surface area (Å²) in [4.78, 5) is 32.9. The van der Waals surface area contributed by atoms with Gasteiger partial charge in [0.1, 0.15) is 0 Å². The fraction of sp³-hybridized carbons (Fsp3) is 0.680. The summed E-state index contributed by atoms with van der Waals surface area (Å²) < 4.78 is 5.35. The Morgan fingerprint density at radius 3 is 2.68 bits per heavy atom. The van der Waals surface area contributed by atoms with Crippen LogP contribution in [0.4, 0.5) is 0 Å². The fourth-order valence-corrected chi connectivity index (χ4v) is 6.00. The molecule has 0 radical (unpaired) electrons. The van der Waals surface area contributed by atoms with Crippen LogP contribution in [0.5, 0.6) is 0 Å². The summed E-state index contributed by atoms with van der Waals surface area (Å²) in [6.45, 7) is 4.30. The van der Waals surface area contributed by atoms with Crippen LogP contribution in [0.2, 0.25) is 0 Å². The van der Waals surface area contributed by atoms with Crippen LogP contribution in [0.3, 0.4) is 0 Å². The summed E-state index contributed by atoms with van der Waals surface area (Å²) >= 11 is 0. The Labute approximate surface area is 186 Å². The lowest BCUT2D eigenvalue weighted by atomic mass is 9.83. The number of methoxy groups -OCH3 is 1. The molecule has 0 aromatic heterocycles. The van der Waals surface area contributed by atoms with Gasteiger partial charge in [0.25, 0.3) is 0 Å². The number of piperidine rings is 2. The minimum atomic E-state index is -0.331. The van der Waals surface area contributed by atoms with Crippen molar-refractivity contribution in [2.24, 2.45) is 11.8 Å². The maximum absolute atomic E-state index is 13.8. The van der Waals surface area contributed by atoms with E-state index in [2.05, 4.69) is 4.90 Å². The second kappa shape index (κ2) is 10.1. The number of carbonyl (C=O) groups is 2. The van der Waals surface area contributed by atoms with E-state index in [1.807, 2.05) is 42.3 Å². The Hall–Kier alpha value is -1.92. The van der Waals surface area contributed by atoms with Crippen LogP contribution in [0.15, 0.2) is 30.3 Å². The largest absolute Gasteiger partial charge is 0.383 e. The van der Waals surface area contributed by atoms with Crippen molar-refractivity contribution in [2.45, 2.75) is 50.6 Å². The summed E-state index contributed by atoms with van der Waals surface area (Å²) in [5.74, 6) is 0.342. The minimum absolute atomic E-state index is 0.0509. The lowest BCUT2D eigenvalue weighted by molar-refractivity contribution is -0.138. The number of hydrogen-bond donors (Lipinski definition) is 0. The highest BCUT2D eigenvalue weighted by molar-refractivity contribution is 5.90. The van der Waals surface area contributed by atoms with E-state index in [1.165, 1.54) is 45.2 Å². The van der Waals surface area contributed by atoms with Gasteiger partial charge < -0.3 is 19.4 Å². The van der Waals surface area contributed by atoms with Gasteiger partial charge in [0.2, 0.25) is 11.8 Å². The number of amides is 2. The average molecular weight is 428 g/mol. The second-order valence-corrected chi connectivity index (χ2v) is 9.45. The molecular formula is C25H37N3O3. The minimum Gasteiger partial charge on any atom is -0.383 e. The molecule has 4 atom stereocenters. The van der Waals surface area contributed by atoms with E-state index < -0.39 is 0 Å². The topological polar surface area (TPSA) is 53.1 Å². The zero-order chi connectivity index (χ0) is 21.8. The molecule has 3 heterocycles. The number of ether oxygens (including phenoxy) is 1. The molecule has 1 aromatic rings. The molecule has 1 aromatic carbocycles. The molecule has 170 valence electrons. The van der Waals surface area contributed by atoms with Gasteiger partial charge in [-0.2, -0.15) is 0 Å². The molecule has 0 spiro atoms. The molecule has 2 amide bonds. The third-order valence-electron chi connectivity index (χ3n) is 7.61. The molecule has 6 nitrogen and oxygen atoms in total. The maximum Gasteiger partial charge on any atom is 0.228 e. The lowest BCUT2D eigenvalue weighted by Crippen LogP contribution is -2.52. The summed E-state index contributed by atoms with van der Waals surface area (Å²) in [5.41, 5.74) is 1.04. The van der Waals surface area contributed by atoms with Crippen LogP contribution in [0, 0.1) is 11.8 Å². The predicted molar refractivity (Wildman–Crippen MR) is 120 cm³/mol. The van der Waals surface area contributed by atoms with Crippen LogP contribution in [-0.2, 0) is 14.3 Å². The molecule has 2 unspecified atom stereocenters. The Morgan fingerprint density at radius 1 is 1.13 bits per heavy atom. The van der Waals surface area contributed by atoms with Crippen LogP contribution in [0.25, 0.3) is 0 Å². The third-order valence-corrected chi connectivity index (χ3v) is 7.61. The van der Waals surface area contributed by atoms with Crippen LogP contribution in [-0.4, -0.2) is 79.5 Å². The smallest absolute Gasteiger partial charge is 0.228 e. The standard InChI is InChI=1S/C25H37N3O3/c1-26-23(29)17-21(24(26)19-9-4-3-5-10-19)25(30)28(15-16-31-2)18-20-11-8-14-27-13-7-6-12-22(20)27/h3-5,9-10,20-22,24H,6-8,11-18H2,1-2H3/t20-,21?,22+,24?/m0/s1. The normalized spacial score (nSPS) is 29.1. The number of rotatable bonds is 7. The van der Waals surface area contributed by atoms with Gasteiger partial charge in [-0.3, -0.25) is 9.59 Å². The zero-order valence-corrected chi connectivity index (χ0v) is 19.0. The van der Waals surface area contributed by atoms with Gasteiger partial charge in [0.05, 0.1) is 18.6 Å². The van der Waals surface area contributed by atoms with Gasteiger partial charge >= 0.3 is 0 Å². The van der Waals surface area contributed by atoms with Gasteiger partial charge in [-0.15, -0.1) is 0 Å². The third kappa shape index (κ3) is 4.80. The monoisotopic (exact) mass is 427 g/mol. The van der Waals surface area contributed by atoms with Crippen molar-refractivity contribution in [2.75, 3.05) is 46.9 Å². The molecule has 6 heteroatoms. The number of fused-ring (bicyclic) bond motifs is 1. The van der Waals surface area contributed by atoms with Crippen molar-refractivity contribution in [3.8, 4) is 0 Å². The molecule has 31 heavy (non-hydrogen) atoms. The highest BCUT2D eigenvalue weighted by Crippen LogP contribution is 2.39. The highest BCUT2D eigenvalue weighted by Gasteiger charge is 2.45. The lowest BCUT2D eigenvalue weighted by Gasteiger charge is -2.46. The molecule has 3 fully saturated rings. The first-order valence-corrected chi connectivity index (χ1v) is 11.9. The first-order chi connectivity index (χ1) is 15.1. The number of benzene rings is 1.